The van der Waals surface area contributed by atoms with E-state index in [-0.39, 0.29) is 0 Å². The summed E-state index contributed by atoms with van der Waals surface area (Å²) in [7, 11) is 0. The van der Waals surface area contributed by atoms with Gasteiger partial charge in [-0.25, -0.2) is 0 Å². The summed E-state index contributed by atoms with van der Waals surface area (Å²) in [4.78, 5) is 2.37. The van der Waals surface area contributed by atoms with Gasteiger partial charge in [-0.1, -0.05) is 40.2 Å². The van der Waals surface area contributed by atoms with E-state index in [1.54, 1.807) is 0 Å². The molecule has 0 aliphatic carbocycles. The molecule has 0 saturated carbocycles. The number of hydrogen-bond donors (Lipinski definition) is 0. The van der Waals surface area contributed by atoms with Crippen molar-refractivity contribution < 1.29 is 0 Å². The average molecular weight is 306 g/mol. The highest BCUT2D eigenvalue weighted by Gasteiger charge is 2.20. The smallest absolute Gasteiger partial charge is 0.159 e. The van der Waals surface area contributed by atoms with Crippen LogP contribution >= 0.6 is 15.9 Å². The Balaban J connectivity index is 1.91. The molecule has 94 valence electrons. The standard InChI is InChI=1S/C14H16BrN3/c15-9-11-5-7-18(8-6-11)14-13-4-2-1-3-12(13)10-16-17-14/h1-4,10-11H,5-9H2. The molecule has 2 aromatic rings. The average Bonchev–Trinajstić information content (AvgIpc) is 2.47. The van der Waals surface area contributed by atoms with Gasteiger partial charge in [0.15, 0.2) is 5.82 Å². The Kier molecular flexibility index (Phi) is 3.46. The van der Waals surface area contributed by atoms with Crippen LogP contribution in [0.15, 0.2) is 30.5 Å². The van der Waals surface area contributed by atoms with Gasteiger partial charge in [-0.3, -0.25) is 0 Å². The highest BCUT2D eigenvalue weighted by molar-refractivity contribution is 9.09. The molecule has 0 unspecified atom stereocenters. The van der Waals surface area contributed by atoms with Crippen LogP contribution in [-0.4, -0.2) is 28.6 Å². The number of nitrogens with zero attached hydrogens (tertiary/aromatic N) is 3. The molecule has 1 aromatic heterocycles. The summed E-state index contributed by atoms with van der Waals surface area (Å²) in [5.41, 5.74) is 0. The van der Waals surface area contributed by atoms with Gasteiger partial charge in [0.05, 0.1) is 6.20 Å². The zero-order valence-electron chi connectivity index (χ0n) is 10.2. The molecule has 3 nitrogen and oxygen atoms in total. The topological polar surface area (TPSA) is 29.0 Å². The minimum Gasteiger partial charge on any atom is -0.355 e. The fourth-order valence-electron chi connectivity index (χ4n) is 2.55. The summed E-state index contributed by atoms with van der Waals surface area (Å²) < 4.78 is 0. The summed E-state index contributed by atoms with van der Waals surface area (Å²) >= 11 is 3.58. The minimum absolute atomic E-state index is 0.809. The summed E-state index contributed by atoms with van der Waals surface area (Å²) in [6, 6.07) is 8.35. The molecule has 0 amide bonds. The maximum Gasteiger partial charge on any atom is 0.159 e. The van der Waals surface area contributed by atoms with Crippen LogP contribution in [0.1, 0.15) is 12.8 Å². The third-order valence-electron chi connectivity index (χ3n) is 3.68. The molecule has 0 N–H and O–H groups in total. The van der Waals surface area contributed by atoms with Crippen molar-refractivity contribution in [2.24, 2.45) is 5.92 Å². The van der Waals surface area contributed by atoms with E-state index in [2.05, 4.69) is 49.2 Å². The first-order valence-electron chi connectivity index (χ1n) is 6.40. The summed E-state index contributed by atoms with van der Waals surface area (Å²) in [5, 5.41) is 12.0. The highest BCUT2D eigenvalue weighted by atomic mass is 79.9. The Morgan fingerprint density at radius 2 is 2.00 bits per heavy atom. The maximum atomic E-state index is 4.35. The molecule has 1 saturated heterocycles. The molecule has 1 aliphatic heterocycles. The predicted molar refractivity (Wildman–Crippen MR) is 78.3 cm³/mol. The Morgan fingerprint density at radius 1 is 1.22 bits per heavy atom. The maximum absolute atomic E-state index is 4.35. The van der Waals surface area contributed by atoms with Gasteiger partial charge in [-0.05, 0) is 18.8 Å². The molecule has 0 spiro atoms. The van der Waals surface area contributed by atoms with Crippen LogP contribution in [0.4, 0.5) is 5.82 Å². The molecule has 4 heteroatoms. The first-order valence-corrected chi connectivity index (χ1v) is 7.52. The molecule has 3 rings (SSSR count). The van der Waals surface area contributed by atoms with Crippen molar-refractivity contribution in [2.75, 3.05) is 23.3 Å². The fraction of sp³-hybridized carbons (Fsp3) is 0.429. The SMILES string of the molecule is BrCC1CCN(c2nncc3ccccc23)CC1. The van der Waals surface area contributed by atoms with E-state index in [1.807, 2.05) is 12.3 Å². The minimum atomic E-state index is 0.809. The fourth-order valence-corrected chi connectivity index (χ4v) is 3.19. The molecule has 18 heavy (non-hydrogen) atoms. The van der Waals surface area contributed by atoms with E-state index in [4.69, 9.17) is 0 Å². The predicted octanol–water partition coefficient (Wildman–Crippen LogP) is 3.24. The second-order valence-electron chi connectivity index (χ2n) is 4.84. The van der Waals surface area contributed by atoms with Gasteiger partial charge in [0.25, 0.3) is 0 Å². The number of anilines is 1. The van der Waals surface area contributed by atoms with Gasteiger partial charge in [0.2, 0.25) is 0 Å². The second kappa shape index (κ2) is 5.22. The Labute approximate surface area is 115 Å². The molecular weight excluding hydrogens is 290 g/mol. The Morgan fingerprint density at radius 3 is 2.78 bits per heavy atom. The van der Waals surface area contributed by atoms with Gasteiger partial charge in [-0.15, -0.1) is 5.10 Å². The van der Waals surface area contributed by atoms with Crippen LogP contribution in [0.5, 0.6) is 0 Å². The lowest BCUT2D eigenvalue weighted by Gasteiger charge is -2.32. The summed E-state index contributed by atoms with van der Waals surface area (Å²) in [6.45, 7) is 2.16. The van der Waals surface area contributed by atoms with E-state index in [9.17, 15) is 0 Å². The lowest BCUT2D eigenvalue weighted by Crippen LogP contribution is -2.34. The zero-order chi connectivity index (χ0) is 12.4. The van der Waals surface area contributed by atoms with Crippen LogP contribution in [-0.2, 0) is 0 Å². The van der Waals surface area contributed by atoms with Crippen molar-refractivity contribution in [3.8, 4) is 0 Å². The van der Waals surface area contributed by atoms with Crippen LogP contribution in [0.3, 0.4) is 0 Å². The first kappa shape index (κ1) is 11.9. The molecule has 0 atom stereocenters. The Hall–Kier alpha value is -1.16. The number of halogens is 1. The molecule has 2 heterocycles. The van der Waals surface area contributed by atoms with Crippen LogP contribution < -0.4 is 4.90 Å². The van der Waals surface area contributed by atoms with E-state index in [0.717, 1.165) is 30.2 Å². The number of benzene rings is 1. The molecule has 1 aliphatic rings. The van der Waals surface area contributed by atoms with Gasteiger partial charge in [0.1, 0.15) is 0 Å². The number of rotatable bonds is 2. The van der Waals surface area contributed by atoms with E-state index < -0.39 is 0 Å². The quantitative estimate of drug-likeness (QED) is 0.798. The van der Waals surface area contributed by atoms with Crippen LogP contribution in [0.25, 0.3) is 10.8 Å². The molecule has 1 aromatic carbocycles. The lowest BCUT2D eigenvalue weighted by molar-refractivity contribution is 0.445. The molecule has 0 radical (unpaired) electrons. The number of piperidine rings is 1. The molecular formula is C14H16BrN3. The van der Waals surface area contributed by atoms with Gasteiger partial charge in [-0.2, -0.15) is 5.10 Å². The van der Waals surface area contributed by atoms with Crippen molar-refractivity contribution >= 4 is 32.5 Å². The largest absolute Gasteiger partial charge is 0.355 e. The third-order valence-corrected chi connectivity index (χ3v) is 4.60. The normalized spacial score (nSPS) is 17.3. The molecule has 1 fully saturated rings. The number of fused-ring (bicyclic) bond motifs is 1. The third kappa shape index (κ3) is 2.21. The van der Waals surface area contributed by atoms with Crippen molar-refractivity contribution in [3.63, 3.8) is 0 Å². The van der Waals surface area contributed by atoms with Gasteiger partial charge >= 0.3 is 0 Å². The van der Waals surface area contributed by atoms with E-state index in [0.29, 0.717) is 0 Å². The van der Waals surface area contributed by atoms with Crippen molar-refractivity contribution in [1.82, 2.24) is 10.2 Å². The van der Waals surface area contributed by atoms with Gasteiger partial charge in [0, 0.05) is 29.2 Å². The van der Waals surface area contributed by atoms with E-state index in [1.165, 1.54) is 23.6 Å². The number of hydrogen-bond acceptors (Lipinski definition) is 3. The second-order valence-corrected chi connectivity index (χ2v) is 5.49. The summed E-state index contributed by atoms with van der Waals surface area (Å²) in [5.74, 6) is 1.85. The van der Waals surface area contributed by atoms with Crippen LogP contribution in [0.2, 0.25) is 0 Å². The summed E-state index contributed by atoms with van der Waals surface area (Å²) in [6.07, 6.45) is 4.30. The van der Waals surface area contributed by atoms with Gasteiger partial charge < -0.3 is 4.90 Å². The lowest BCUT2D eigenvalue weighted by atomic mass is 9.99. The molecule has 0 bridgehead atoms. The van der Waals surface area contributed by atoms with Crippen molar-refractivity contribution in [1.29, 1.82) is 0 Å². The van der Waals surface area contributed by atoms with E-state index >= 15 is 0 Å². The highest BCUT2D eigenvalue weighted by Crippen LogP contribution is 2.27. The zero-order valence-corrected chi connectivity index (χ0v) is 11.8. The number of aromatic nitrogens is 2. The first-order chi connectivity index (χ1) is 8.88. The van der Waals surface area contributed by atoms with Crippen molar-refractivity contribution in [3.05, 3.63) is 30.5 Å². The van der Waals surface area contributed by atoms with Crippen LogP contribution in [0, 0.1) is 5.92 Å². The number of alkyl halides is 1. The van der Waals surface area contributed by atoms with Crippen molar-refractivity contribution in [2.45, 2.75) is 12.8 Å². The monoisotopic (exact) mass is 305 g/mol. The Bertz CT molecular complexity index is 530.